The molecule has 0 aromatic rings. The molecule has 0 saturated heterocycles. The summed E-state index contributed by atoms with van der Waals surface area (Å²) in [6, 6.07) is 0. The number of hydrogen-bond acceptors (Lipinski definition) is 1. The number of hydrogen-bond donors (Lipinski definition) is 1. The molecule has 0 fully saturated rings. The van der Waals surface area contributed by atoms with E-state index in [4.69, 9.17) is 0 Å². The minimum absolute atomic E-state index is 0. The minimum atomic E-state index is -0.463. The van der Waals surface area contributed by atoms with Crippen LogP contribution in [0.1, 0.15) is 47.0 Å². The Balaban J connectivity index is 0. The summed E-state index contributed by atoms with van der Waals surface area (Å²) >= 11 is 0. The minimum Gasteiger partial charge on any atom is -0.390 e. The van der Waals surface area contributed by atoms with Crippen LogP contribution in [0.4, 0.5) is 0 Å². The van der Waals surface area contributed by atoms with Crippen molar-refractivity contribution in [2.45, 2.75) is 52.6 Å². The van der Waals surface area contributed by atoms with Crippen LogP contribution in [0, 0.1) is 5.92 Å². The Hall–Kier alpha value is 0.503. The zero-order chi connectivity index (χ0) is 8.20. The van der Waals surface area contributed by atoms with E-state index in [-0.39, 0.29) is 17.6 Å². The van der Waals surface area contributed by atoms with Crippen molar-refractivity contribution in [3.05, 3.63) is 0 Å². The van der Waals surface area contributed by atoms with Crippen LogP contribution in [-0.2, 0) is 0 Å². The Morgan fingerprint density at radius 3 is 2.00 bits per heavy atom. The number of aliphatic hydroxyl groups is 1. The topological polar surface area (TPSA) is 20.2 Å². The van der Waals surface area contributed by atoms with Crippen LogP contribution < -0.4 is 0 Å². The van der Waals surface area contributed by atoms with Crippen LogP contribution in [-0.4, -0.2) is 28.3 Å². The average Bonchev–Trinajstić information content (AvgIpc) is 1.59. The van der Waals surface area contributed by atoms with Crippen molar-refractivity contribution in [2.24, 2.45) is 5.92 Å². The van der Waals surface area contributed by atoms with E-state index in [9.17, 15) is 5.11 Å². The first-order chi connectivity index (χ1) is 4.42. The summed E-state index contributed by atoms with van der Waals surface area (Å²) < 4.78 is 0. The molecule has 0 amide bonds. The van der Waals surface area contributed by atoms with E-state index >= 15 is 0 Å². The van der Waals surface area contributed by atoms with Crippen molar-refractivity contribution in [3.8, 4) is 0 Å². The van der Waals surface area contributed by atoms with E-state index in [1.165, 1.54) is 6.42 Å². The Kier molecular flexibility index (Phi) is 7.75. The molecule has 0 aliphatic rings. The van der Waals surface area contributed by atoms with Crippen LogP contribution in [0.2, 0.25) is 0 Å². The standard InChI is InChI=1S/C9H20O.Ge/c1-8(2)6-5-7-9(3,4)10;/h8,10H,5-7H2,1-4H3;. The molecule has 4 radical (unpaired) electrons. The molecule has 0 atom stereocenters. The van der Waals surface area contributed by atoms with E-state index in [2.05, 4.69) is 13.8 Å². The van der Waals surface area contributed by atoms with Gasteiger partial charge in [-0.05, 0) is 26.2 Å². The quantitative estimate of drug-likeness (QED) is 0.715. The van der Waals surface area contributed by atoms with Crippen molar-refractivity contribution in [1.29, 1.82) is 0 Å². The molecule has 0 saturated carbocycles. The summed E-state index contributed by atoms with van der Waals surface area (Å²) in [6.07, 6.45) is 3.29. The summed E-state index contributed by atoms with van der Waals surface area (Å²) in [5.41, 5.74) is -0.463. The molecule has 1 N–H and O–H groups in total. The molecule has 11 heavy (non-hydrogen) atoms. The van der Waals surface area contributed by atoms with Crippen molar-refractivity contribution >= 4 is 17.6 Å². The summed E-state index contributed by atoms with van der Waals surface area (Å²) in [4.78, 5) is 0. The first-order valence-corrected chi connectivity index (χ1v) is 4.14. The second kappa shape index (κ2) is 6.07. The van der Waals surface area contributed by atoms with E-state index in [0.29, 0.717) is 0 Å². The van der Waals surface area contributed by atoms with Crippen LogP contribution in [0.3, 0.4) is 0 Å². The van der Waals surface area contributed by atoms with Gasteiger partial charge in [-0.1, -0.05) is 26.7 Å². The van der Waals surface area contributed by atoms with Crippen LogP contribution >= 0.6 is 0 Å². The maximum atomic E-state index is 9.33. The van der Waals surface area contributed by atoms with Gasteiger partial charge in [-0.15, -0.1) is 0 Å². The zero-order valence-corrected chi connectivity index (χ0v) is 10.2. The van der Waals surface area contributed by atoms with Gasteiger partial charge in [0.15, 0.2) is 0 Å². The second-order valence-corrected chi connectivity index (χ2v) is 4.10. The van der Waals surface area contributed by atoms with Gasteiger partial charge in [0.05, 0.1) is 5.60 Å². The van der Waals surface area contributed by atoms with Crippen molar-refractivity contribution in [2.75, 3.05) is 0 Å². The fourth-order valence-corrected chi connectivity index (χ4v) is 0.943. The van der Waals surface area contributed by atoms with Gasteiger partial charge in [0, 0.05) is 17.6 Å². The van der Waals surface area contributed by atoms with Gasteiger partial charge in [0.25, 0.3) is 0 Å². The Morgan fingerprint density at radius 2 is 1.73 bits per heavy atom. The zero-order valence-electron chi connectivity index (χ0n) is 8.15. The Labute approximate surface area is 81.6 Å². The molecular formula is C9H20GeO. The largest absolute Gasteiger partial charge is 0.390 e. The maximum absolute atomic E-state index is 9.33. The van der Waals surface area contributed by atoms with E-state index in [1.54, 1.807) is 0 Å². The molecule has 0 heterocycles. The molecule has 0 bridgehead atoms. The first kappa shape index (κ1) is 14.1. The van der Waals surface area contributed by atoms with Crippen LogP contribution in [0.5, 0.6) is 0 Å². The molecular weight excluding hydrogens is 197 g/mol. The van der Waals surface area contributed by atoms with Gasteiger partial charge in [-0.25, -0.2) is 0 Å². The fourth-order valence-electron chi connectivity index (χ4n) is 0.943. The first-order valence-electron chi connectivity index (χ1n) is 4.14. The molecule has 0 rings (SSSR count). The molecule has 0 aliphatic carbocycles. The third kappa shape index (κ3) is 13.5. The molecule has 0 aromatic carbocycles. The van der Waals surface area contributed by atoms with Crippen molar-refractivity contribution in [1.82, 2.24) is 0 Å². The summed E-state index contributed by atoms with van der Waals surface area (Å²) in [5, 5.41) is 9.33. The summed E-state index contributed by atoms with van der Waals surface area (Å²) in [7, 11) is 0. The molecule has 66 valence electrons. The third-order valence-electron chi connectivity index (χ3n) is 1.57. The Bertz CT molecular complexity index is 84.1. The van der Waals surface area contributed by atoms with Gasteiger partial charge in [-0.2, -0.15) is 0 Å². The third-order valence-corrected chi connectivity index (χ3v) is 1.57. The van der Waals surface area contributed by atoms with E-state index in [1.807, 2.05) is 13.8 Å². The molecule has 0 unspecified atom stereocenters. The summed E-state index contributed by atoms with van der Waals surface area (Å²) in [6.45, 7) is 8.16. The van der Waals surface area contributed by atoms with Crippen molar-refractivity contribution < 1.29 is 5.11 Å². The molecule has 0 aromatic heterocycles. The molecule has 0 aliphatic heterocycles. The molecule has 0 spiro atoms. The molecule has 2 heteroatoms. The van der Waals surface area contributed by atoms with Gasteiger partial charge >= 0.3 is 0 Å². The van der Waals surface area contributed by atoms with Gasteiger partial charge in [0.1, 0.15) is 0 Å². The second-order valence-electron chi connectivity index (χ2n) is 4.10. The Morgan fingerprint density at radius 1 is 1.27 bits per heavy atom. The monoisotopic (exact) mass is 218 g/mol. The van der Waals surface area contributed by atoms with E-state index < -0.39 is 5.60 Å². The fraction of sp³-hybridized carbons (Fsp3) is 1.00. The van der Waals surface area contributed by atoms with Gasteiger partial charge in [-0.3, -0.25) is 0 Å². The van der Waals surface area contributed by atoms with Crippen LogP contribution in [0.25, 0.3) is 0 Å². The smallest absolute Gasteiger partial charge is 0.0591 e. The number of rotatable bonds is 4. The SMILES string of the molecule is CC(C)CCCC(C)(C)O.[Ge]. The summed E-state index contributed by atoms with van der Waals surface area (Å²) in [5.74, 6) is 0.766. The van der Waals surface area contributed by atoms with Gasteiger partial charge in [0.2, 0.25) is 0 Å². The predicted molar refractivity (Wildman–Crippen MR) is 50.7 cm³/mol. The predicted octanol–water partition coefficient (Wildman–Crippen LogP) is 2.20. The van der Waals surface area contributed by atoms with Crippen LogP contribution in [0.15, 0.2) is 0 Å². The van der Waals surface area contributed by atoms with Gasteiger partial charge < -0.3 is 5.11 Å². The molecule has 1 nitrogen and oxygen atoms in total. The van der Waals surface area contributed by atoms with E-state index in [0.717, 1.165) is 18.8 Å². The maximum Gasteiger partial charge on any atom is 0.0591 e. The normalized spacial score (nSPS) is 11.5. The average molecular weight is 217 g/mol. The van der Waals surface area contributed by atoms with Crippen molar-refractivity contribution in [3.63, 3.8) is 0 Å².